The summed E-state index contributed by atoms with van der Waals surface area (Å²) >= 11 is 5.98. The van der Waals surface area contributed by atoms with E-state index >= 15 is 0 Å². The Morgan fingerprint density at radius 3 is 2.44 bits per heavy atom. The van der Waals surface area contributed by atoms with Crippen LogP contribution in [0.15, 0.2) is 12.1 Å². The second kappa shape index (κ2) is 6.76. The molecule has 0 fully saturated rings. The first-order valence-corrected chi connectivity index (χ1v) is 6.49. The molecule has 0 aliphatic carbocycles. The highest BCUT2D eigenvalue weighted by molar-refractivity contribution is 6.30. The molecule has 1 aromatic carbocycles. The molecule has 1 rings (SSSR count). The van der Waals surface area contributed by atoms with E-state index in [1.807, 2.05) is 26.0 Å². The summed E-state index contributed by atoms with van der Waals surface area (Å²) in [5.41, 5.74) is 3.43. The van der Waals surface area contributed by atoms with E-state index in [1.54, 1.807) is 13.8 Å². The third kappa shape index (κ3) is 4.00. The van der Waals surface area contributed by atoms with Crippen LogP contribution in [0.5, 0.6) is 0 Å². The summed E-state index contributed by atoms with van der Waals surface area (Å²) < 4.78 is 4.95. The number of rotatable bonds is 5. The number of hydrogen-bond donors (Lipinski definition) is 1. The van der Waals surface area contributed by atoms with Gasteiger partial charge in [0, 0.05) is 11.6 Å². The lowest BCUT2D eigenvalue weighted by Crippen LogP contribution is -2.35. The number of esters is 1. The molecule has 0 heterocycles. The number of aryl methyl sites for hydroxylation is 2. The SMILES string of the molecule is CCOC(=O)[C@@H](C)NCc1c(C)cc(Cl)cc1C. The van der Waals surface area contributed by atoms with Crippen molar-refractivity contribution in [2.75, 3.05) is 6.61 Å². The predicted molar refractivity (Wildman–Crippen MR) is 73.9 cm³/mol. The third-order valence-corrected chi connectivity index (χ3v) is 3.10. The molecule has 1 atom stereocenters. The zero-order valence-electron chi connectivity index (χ0n) is 11.3. The van der Waals surface area contributed by atoms with Gasteiger partial charge in [0.1, 0.15) is 6.04 Å². The molecule has 3 nitrogen and oxygen atoms in total. The van der Waals surface area contributed by atoms with Crippen molar-refractivity contribution in [3.8, 4) is 0 Å². The summed E-state index contributed by atoms with van der Waals surface area (Å²) in [6, 6.07) is 3.56. The van der Waals surface area contributed by atoms with Crippen LogP contribution >= 0.6 is 11.6 Å². The molecule has 0 saturated heterocycles. The van der Waals surface area contributed by atoms with Gasteiger partial charge in [-0.25, -0.2) is 0 Å². The second-order valence-electron chi connectivity index (χ2n) is 4.37. The van der Waals surface area contributed by atoms with Gasteiger partial charge in [0.05, 0.1) is 6.61 Å². The molecule has 0 aliphatic heterocycles. The summed E-state index contributed by atoms with van der Waals surface area (Å²) in [5.74, 6) is -0.221. The lowest BCUT2D eigenvalue weighted by molar-refractivity contribution is -0.145. The Hall–Kier alpha value is -1.06. The molecule has 0 spiro atoms. The van der Waals surface area contributed by atoms with Crippen molar-refractivity contribution in [1.82, 2.24) is 5.32 Å². The summed E-state index contributed by atoms with van der Waals surface area (Å²) in [6.07, 6.45) is 0. The number of carbonyl (C=O) groups is 1. The molecular formula is C14H20ClNO2. The summed E-state index contributed by atoms with van der Waals surface area (Å²) in [5, 5.41) is 3.91. The van der Waals surface area contributed by atoms with Crippen molar-refractivity contribution in [2.24, 2.45) is 0 Å². The molecule has 0 radical (unpaired) electrons. The fraction of sp³-hybridized carbons (Fsp3) is 0.500. The van der Waals surface area contributed by atoms with Crippen LogP contribution in [-0.4, -0.2) is 18.6 Å². The van der Waals surface area contributed by atoms with Crippen LogP contribution in [0.2, 0.25) is 5.02 Å². The van der Waals surface area contributed by atoms with Crippen molar-refractivity contribution in [1.29, 1.82) is 0 Å². The van der Waals surface area contributed by atoms with E-state index in [2.05, 4.69) is 5.32 Å². The molecule has 100 valence electrons. The normalized spacial score (nSPS) is 12.3. The Labute approximate surface area is 113 Å². The van der Waals surface area contributed by atoms with Gasteiger partial charge in [-0.2, -0.15) is 0 Å². The first-order valence-electron chi connectivity index (χ1n) is 6.11. The van der Waals surface area contributed by atoms with Gasteiger partial charge in [-0.15, -0.1) is 0 Å². The van der Waals surface area contributed by atoms with Crippen LogP contribution in [-0.2, 0) is 16.1 Å². The zero-order valence-corrected chi connectivity index (χ0v) is 12.1. The lowest BCUT2D eigenvalue weighted by atomic mass is 10.0. The van der Waals surface area contributed by atoms with Crippen molar-refractivity contribution < 1.29 is 9.53 Å². The maximum absolute atomic E-state index is 11.5. The average molecular weight is 270 g/mol. The van der Waals surface area contributed by atoms with Crippen molar-refractivity contribution >= 4 is 17.6 Å². The van der Waals surface area contributed by atoms with Crippen LogP contribution < -0.4 is 5.32 Å². The van der Waals surface area contributed by atoms with Crippen LogP contribution in [0.3, 0.4) is 0 Å². The minimum atomic E-state index is -0.306. The Bertz CT molecular complexity index is 409. The van der Waals surface area contributed by atoms with Gasteiger partial charge in [0.15, 0.2) is 0 Å². The van der Waals surface area contributed by atoms with Crippen LogP contribution in [0.4, 0.5) is 0 Å². The van der Waals surface area contributed by atoms with Gasteiger partial charge in [-0.3, -0.25) is 4.79 Å². The largest absolute Gasteiger partial charge is 0.465 e. The predicted octanol–water partition coefficient (Wildman–Crippen LogP) is 3.00. The first kappa shape index (κ1) is 15.0. The number of halogens is 1. The van der Waals surface area contributed by atoms with E-state index in [9.17, 15) is 4.79 Å². The minimum Gasteiger partial charge on any atom is -0.465 e. The molecule has 1 aromatic rings. The number of hydrogen-bond acceptors (Lipinski definition) is 3. The molecule has 0 aliphatic rings. The van der Waals surface area contributed by atoms with Crippen molar-refractivity contribution in [3.05, 3.63) is 33.8 Å². The van der Waals surface area contributed by atoms with Crippen molar-refractivity contribution in [2.45, 2.75) is 40.3 Å². The summed E-state index contributed by atoms with van der Waals surface area (Å²) in [7, 11) is 0. The highest BCUT2D eigenvalue weighted by atomic mass is 35.5. The van der Waals surface area contributed by atoms with E-state index in [1.165, 1.54) is 5.56 Å². The quantitative estimate of drug-likeness (QED) is 0.835. The highest BCUT2D eigenvalue weighted by Crippen LogP contribution is 2.20. The zero-order chi connectivity index (χ0) is 13.7. The maximum Gasteiger partial charge on any atom is 0.322 e. The minimum absolute atomic E-state index is 0.221. The molecule has 0 saturated carbocycles. The van der Waals surface area contributed by atoms with Gasteiger partial charge in [-0.1, -0.05) is 11.6 Å². The van der Waals surface area contributed by atoms with Gasteiger partial charge in [-0.05, 0) is 56.5 Å². The number of ether oxygens (including phenoxy) is 1. The maximum atomic E-state index is 11.5. The van der Waals surface area contributed by atoms with E-state index in [0.29, 0.717) is 13.2 Å². The van der Waals surface area contributed by atoms with E-state index < -0.39 is 0 Å². The monoisotopic (exact) mass is 269 g/mol. The topological polar surface area (TPSA) is 38.3 Å². The van der Waals surface area contributed by atoms with Crippen LogP contribution in [0, 0.1) is 13.8 Å². The molecule has 0 aromatic heterocycles. The summed E-state index contributed by atoms with van der Waals surface area (Å²) in [4.78, 5) is 11.5. The summed E-state index contributed by atoms with van der Waals surface area (Å²) in [6.45, 7) is 8.69. The van der Waals surface area contributed by atoms with E-state index in [-0.39, 0.29) is 12.0 Å². The smallest absolute Gasteiger partial charge is 0.322 e. The van der Waals surface area contributed by atoms with Gasteiger partial charge in [0.25, 0.3) is 0 Å². The fourth-order valence-electron chi connectivity index (χ4n) is 1.83. The lowest BCUT2D eigenvalue weighted by Gasteiger charge is -2.15. The second-order valence-corrected chi connectivity index (χ2v) is 4.81. The number of benzene rings is 1. The fourth-order valence-corrected chi connectivity index (χ4v) is 2.15. The Balaban J connectivity index is 2.66. The number of nitrogens with one attached hydrogen (secondary N) is 1. The molecule has 0 bridgehead atoms. The number of carbonyl (C=O) groups excluding carboxylic acids is 1. The standard InChI is InChI=1S/C14H20ClNO2/c1-5-18-14(17)11(4)16-8-13-9(2)6-12(15)7-10(13)3/h6-7,11,16H,5,8H2,1-4H3/t11-/m1/s1. The van der Waals surface area contributed by atoms with Crippen LogP contribution in [0.1, 0.15) is 30.5 Å². The first-order chi connectivity index (χ1) is 8.45. The Kier molecular flexibility index (Phi) is 5.63. The van der Waals surface area contributed by atoms with Gasteiger partial charge >= 0.3 is 5.97 Å². The van der Waals surface area contributed by atoms with Crippen LogP contribution in [0.25, 0.3) is 0 Å². The van der Waals surface area contributed by atoms with Gasteiger partial charge in [0.2, 0.25) is 0 Å². The Morgan fingerprint density at radius 2 is 1.94 bits per heavy atom. The molecule has 0 amide bonds. The third-order valence-electron chi connectivity index (χ3n) is 2.89. The van der Waals surface area contributed by atoms with Gasteiger partial charge < -0.3 is 10.1 Å². The Morgan fingerprint density at radius 1 is 1.39 bits per heavy atom. The average Bonchev–Trinajstić information content (AvgIpc) is 2.27. The van der Waals surface area contributed by atoms with E-state index in [0.717, 1.165) is 16.1 Å². The molecule has 0 unspecified atom stereocenters. The molecule has 1 N–H and O–H groups in total. The van der Waals surface area contributed by atoms with E-state index in [4.69, 9.17) is 16.3 Å². The highest BCUT2D eigenvalue weighted by Gasteiger charge is 2.14. The molecule has 18 heavy (non-hydrogen) atoms. The van der Waals surface area contributed by atoms with Crippen molar-refractivity contribution in [3.63, 3.8) is 0 Å². The molecular weight excluding hydrogens is 250 g/mol. The molecule has 4 heteroatoms.